The lowest BCUT2D eigenvalue weighted by Gasteiger charge is -2.18. The zero-order valence-corrected chi connectivity index (χ0v) is 15.7. The van der Waals surface area contributed by atoms with Gasteiger partial charge in [-0.05, 0) is 41.8 Å². The molecule has 0 fully saturated rings. The number of hydrogen-bond donors (Lipinski definition) is 0. The first kappa shape index (κ1) is 18.9. The molecular formula is C20H20ClN3O3. The Morgan fingerprint density at radius 1 is 1.15 bits per heavy atom. The van der Waals surface area contributed by atoms with Crippen LogP contribution < -0.4 is 4.74 Å². The molecule has 0 unspecified atom stereocenters. The minimum atomic E-state index is -0.465. The van der Waals surface area contributed by atoms with Gasteiger partial charge in [0, 0.05) is 11.4 Å². The van der Waals surface area contributed by atoms with Crippen LogP contribution in [0.2, 0.25) is 5.02 Å². The van der Waals surface area contributed by atoms with Crippen molar-refractivity contribution in [3.63, 3.8) is 0 Å². The van der Waals surface area contributed by atoms with Crippen LogP contribution in [0.1, 0.15) is 23.7 Å². The van der Waals surface area contributed by atoms with Crippen molar-refractivity contribution in [3.05, 3.63) is 77.3 Å². The van der Waals surface area contributed by atoms with Crippen molar-refractivity contribution in [2.45, 2.75) is 25.5 Å². The van der Waals surface area contributed by atoms with Crippen molar-refractivity contribution in [2.24, 2.45) is 0 Å². The van der Waals surface area contributed by atoms with E-state index in [1.807, 2.05) is 36.4 Å². The number of methoxy groups -OCH3 is 1. The smallest absolute Gasteiger partial charge is 0.306 e. The molecule has 1 aromatic heterocycles. The summed E-state index contributed by atoms with van der Waals surface area (Å²) in [6.07, 6.45) is 3.46. The van der Waals surface area contributed by atoms with Crippen LogP contribution in [0.5, 0.6) is 5.75 Å². The average molecular weight is 386 g/mol. The number of rotatable bonds is 8. The summed E-state index contributed by atoms with van der Waals surface area (Å²) < 4.78 is 12.5. The molecule has 0 spiro atoms. The number of aryl methyl sites for hydroxylation is 1. The molecule has 0 amide bonds. The van der Waals surface area contributed by atoms with Crippen molar-refractivity contribution in [2.75, 3.05) is 7.11 Å². The molecule has 0 N–H and O–H groups in total. The van der Waals surface area contributed by atoms with Gasteiger partial charge < -0.3 is 9.47 Å². The van der Waals surface area contributed by atoms with Gasteiger partial charge in [0.1, 0.15) is 24.5 Å². The van der Waals surface area contributed by atoms with Crippen molar-refractivity contribution in [1.82, 2.24) is 14.8 Å². The molecule has 3 rings (SSSR count). The highest BCUT2D eigenvalue weighted by Crippen LogP contribution is 2.22. The molecule has 0 radical (unpaired) electrons. The van der Waals surface area contributed by atoms with Gasteiger partial charge in [-0.15, -0.1) is 0 Å². The van der Waals surface area contributed by atoms with Crippen LogP contribution in [0, 0.1) is 0 Å². The van der Waals surface area contributed by atoms with E-state index in [0.717, 1.165) is 16.9 Å². The normalized spacial score (nSPS) is 11.8. The molecule has 2 aromatic carbocycles. The molecular weight excluding hydrogens is 366 g/mol. The Labute approximate surface area is 162 Å². The first-order chi connectivity index (χ1) is 13.1. The SMILES string of the molecule is COc1ccc(CCC(=O)O[C@H](Cn2cncn2)c2ccc(Cl)cc2)cc1. The molecule has 1 heterocycles. The Morgan fingerprint density at radius 3 is 2.52 bits per heavy atom. The van der Waals surface area contributed by atoms with Gasteiger partial charge in [0.05, 0.1) is 13.7 Å². The highest BCUT2D eigenvalue weighted by atomic mass is 35.5. The van der Waals surface area contributed by atoms with E-state index in [0.29, 0.717) is 18.0 Å². The van der Waals surface area contributed by atoms with Crippen LogP contribution in [0.15, 0.2) is 61.2 Å². The van der Waals surface area contributed by atoms with Gasteiger partial charge in [-0.2, -0.15) is 5.10 Å². The number of carbonyl (C=O) groups excluding carboxylic acids is 1. The first-order valence-electron chi connectivity index (χ1n) is 8.54. The minimum Gasteiger partial charge on any atom is -0.497 e. The fourth-order valence-electron chi connectivity index (χ4n) is 2.64. The molecule has 0 saturated heterocycles. The molecule has 0 aliphatic carbocycles. The van der Waals surface area contributed by atoms with Crippen LogP contribution in [0.4, 0.5) is 0 Å². The molecule has 1 atom stereocenters. The third-order valence-electron chi connectivity index (χ3n) is 4.11. The second-order valence-corrected chi connectivity index (χ2v) is 6.43. The van der Waals surface area contributed by atoms with Gasteiger partial charge in [-0.1, -0.05) is 35.9 Å². The van der Waals surface area contributed by atoms with Crippen LogP contribution >= 0.6 is 11.6 Å². The number of benzene rings is 2. The Balaban J connectivity index is 1.63. The lowest BCUT2D eigenvalue weighted by atomic mass is 10.1. The van der Waals surface area contributed by atoms with Crippen molar-refractivity contribution in [1.29, 1.82) is 0 Å². The molecule has 0 saturated carbocycles. The number of halogens is 1. The number of hydrogen-bond acceptors (Lipinski definition) is 5. The van der Waals surface area contributed by atoms with E-state index in [1.165, 1.54) is 6.33 Å². The summed E-state index contributed by atoms with van der Waals surface area (Å²) in [4.78, 5) is 16.3. The maximum absolute atomic E-state index is 12.4. The second-order valence-electron chi connectivity index (χ2n) is 6.00. The summed E-state index contributed by atoms with van der Waals surface area (Å²) >= 11 is 5.96. The zero-order valence-electron chi connectivity index (χ0n) is 14.9. The lowest BCUT2D eigenvalue weighted by Crippen LogP contribution is -2.17. The molecule has 0 bridgehead atoms. The van der Waals surface area contributed by atoms with E-state index in [4.69, 9.17) is 21.1 Å². The van der Waals surface area contributed by atoms with Gasteiger partial charge >= 0.3 is 5.97 Å². The largest absolute Gasteiger partial charge is 0.497 e. The first-order valence-corrected chi connectivity index (χ1v) is 8.92. The number of aromatic nitrogens is 3. The number of carbonyl (C=O) groups is 1. The van der Waals surface area contributed by atoms with Crippen molar-refractivity contribution in [3.8, 4) is 5.75 Å². The number of esters is 1. The van der Waals surface area contributed by atoms with Gasteiger partial charge in [-0.25, -0.2) is 9.67 Å². The summed E-state index contributed by atoms with van der Waals surface area (Å²) in [6.45, 7) is 0.385. The second kappa shape index (κ2) is 9.19. The van der Waals surface area contributed by atoms with Crippen LogP contribution in [-0.2, 0) is 22.5 Å². The van der Waals surface area contributed by atoms with E-state index < -0.39 is 6.10 Å². The van der Waals surface area contributed by atoms with E-state index >= 15 is 0 Å². The highest BCUT2D eigenvalue weighted by molar-refractivity contribution is 6.30. The fraction of sp³-hybridized carbons (Fsp3) is 0.250. The van der Waals surface area contributed by atoms with E-state index in [2.05, 4.69) is 10.1 Å². The third-order valence-corrected chi connectivity index (χ3v) is 4.36. The molecule has 140 valence electrons. The quantitative estimate of drug-likeness (QED) is 0.551. The predicted octanol–water partition coefficient (Wildman–Crippen LogP) is 3.86. The number of ether oxygens (including phenoxy) is 2. The molecule has 0 aliphatic heterocycles. The standard InChI is InChI=1S/C20H20ClN3O3/c1-26-18-9-2-15(3-10-18)4-11-20(25)27-19(12-24-14-22-13-23-24)16-5-7-17(21)8-6-16/h2-3,5-10,13-14,19H,4,11-12H2,1H3/t19-/m1/s1. The summed E-state index contributed by atoms with van der Waals surface area (Å²) in [6, 6.07) is 14.9. The van der Waals surface area contributed by atoms with Gasteiger partial charge in [-0.3, -0.25) is 4.79 Å². The maximum Gasteiger partial charge on any atom is 0.306 e. The van der Waals surface area contributed by atoms with Crippen LogP contribution in [0.3, 0.4) is 0 Å². The summed E-state index contributed by atoms with van der Waals surface area (Å²) in [5, 5.41) is 4.72. The maximum atomic E-state index is 12.4. The number of nitrogens with zero attached hydrogens (tertiary/aromatic N) is 3. The minimum absolute atomic E-state index is 0.272. The van der Waals surface area contributed by atoms with Gasteiger partial charge in [0.2, 0.25) is 0 Å². The predicted molar refractivity (Wildman–Crippen MR) is 102 cm³/mol. The van der Waals surface area contributed by atoms with Gasteiger partial charge in [0.15, 0.2) is 0 Å². The third kappa shape index (κ3) is 5.56. The molecule has 7 heteroatoms. The monoisotopic (exact) mass is 385 g/mol. The van der Waals surface area contributed by atoms with E-state index in [9.17, 15) is 4.79 Å². The molecule has 27 heavy (non-hydrogen) atoms. The zero-order chi connectivity index (χ0) is 19.1. The Kier molecular flexibility index (Phi) is 6.44. The molecule has 6 nitrogen and oxygen atoms in total. The van der Waals surface area contributed by atoms with E-state index in [-0.39, 0.29) is 12.4 Å². The van der Waals surface area contributed by atoms with Gasteiger partial charge in [0.25, 0.3) is 0 Å². The topological polar surface area (TPSA) is 66.2 Å². The average Bonchev–Trinajstić information content (AvgIpc) is 3.20. The summed E-state index contributed by atoms with van der Waals surface area (Å²) in [5.41, 5.74) is 1.90. The molecule has 0 aliphatic rings. The lowest BCUT2D eigenvalue weighted by molar-refractivity contribution is -0.150. The Hall–Kier alpha value is -2.86. The Bertz CT molecular complexity index is 849. The Morgan fingerprint density at radius 2 is 1.89 bits per heavy atom. The highest BCUT2D eigenvalue weighted by Gasteiger charge is 2.18. The van der Waals surface area contributed by atoms with E-state index in [1.54, 1.807) is 30.3 Å². The summed E-state index contributed by atoms with van der Waals surface area (Å²) in [5.74, 6) is 0.517. The van der Waals surface area contributed by atoms with Crippen molar-refractivity contribution < 1.29 is 14.3 Å². The van der Waals surface area contributed by atoms with Crippen LogP contribution in [-0.4, -0.2) is 27.8 Å². The van der Waals surface area contributed by atoms with Crippen LogP contribution in [0.25, 0.3) is 0 Å². The fourth-order valence-corrected chi connectivity index (χ4v) is 2.77. The van der Waals surface area contributed by atoms with Crippen molar-refractivity contribution >= 4 is 17.6 Å². The molecule has 3 aromatic rings. The summed E-state index contributed by atoms with van der Waals surface area (Å²) in [7, 11) is 1.62.